The summed E-state index contributed by atoms with van der Waals surface area (Å²) in [6.07, 6.45) is 7.66. The topological polar surface area (TPSA) is 7.76 Å². The molecule has 3 aromatic carbocycles. The van der Waals surface area contributed by atoms with Crippen LogP contribution in [0.2, 0.25) is 0 Å². The molecule has 35 heavy (non-hydrogen) atoms. The van der Waals surface area contributed by atoms with Gasteiger partial charge in [0.05, 0.1) is 12.3 Å². The number of fused-ring (bicyclic) bond motifs is 4. The van der Waals surface area contributed by atoms with Gasteiger partial charge in [0.25, 0.3) is 0 Å². The third-order valence-electron chi connectivity index (χ3n) is 8.96. The summed E-state index contributed by atoms with van der Waals surface area (Å²) < 4.78 is 5.26. The molecule has 2 nitrogen and oxygen atoms in total. The first-order chi connectivity index (χ1) is 17.4. The number of benzene rings is 3. The van der Waals surface area contributed by atoms with Gasteiger partial charge in [-0.05, 0) is 45.9 Å². The lowest BCUT2D eigenvalue weighted by molar-refractivity contribution is -0.980. The van der Waals surface area contributed by atoms with Gasteiger partial charge in [-0.3, -0.25) is 0 Å². The van der Waals surface area contributed by atoms with E-state index in [-0.39, 0.29) is 11.6 Å². The SMILES string of the molecule is c1ccc2c(c1)Cc1ccc[n+]3c1C2c1cccc2c1C31c3c(cccc3Cc3cccc[n+]31)C2. The highest BCUT2D eigenvalue weighted by Gasteiger charge is 2.67. The normalized spacial score (nSPS) is 21.2. The van der Waals surface area contributed by atoms with Gasteiger partial charge in [-0.25, -0.2) is 0 Å². The zero-order chi connectivity index (χ0) is 22.7. The monoisotopic (exact) mass is 448 g/mol. The Hall–Kier alpha value is -4.04. The highest BCUT2D eigenvalue weighted by atomic mass is 15.3. The fourth-order valence-corrected chi connectivity index (χ4v) is 7.86. The maximum atomic E-state index is 2.67. The third-order valence-corrected chi connectivity index (χ3v) is 8.96. The van der Waals surface area contributed by atoms with Crippen LogP contribution in [-0.4, -0.2) is 0 Å². The van der Waals surface area contributed by atoms with E-state index in [0.717, 1.165) is 19.3 Å². The molecule has 164 valence electrons. The first-order valence-corrected chi connectivity index (χ1v) is 12.7. The Balaban J connectivity index is 1.53. The van der Waals surface area contributed by atoms with E-state index in [9.17, 15) is 0 Å². The standard InChI is InChI=1S/C33H24N2/c1-2-14-27-21(8-1)18-25-12-7-17-35-32(25)29(27)28-15-6-11-23-19-22-9-5-10-24-20-26-13-3-4-16-34(26)33(35,30(22)24)31(23)28/h1-17,29H,18-20H2/q+2. The van der Waals surface area contributed by atoms with E-state index in [0.29, 0.717) is 0 Å². The largest absolute Gasteiger partial charge is 0.416 e. The maximum absolute atomic E-state index is 2.67. The van der Waals surface area contributed by atoms with E-state index in [4.69, 9.17) is 0 Å². The summed E-state index contributed by atoms with van der Waals surface area (Å²) in [5.41, 5.74) is 15.7. The van der Waals surface area contributed by atoms with Gasteiger partial charge in [-0.2, -0.15) is 0 Å². The minimum Gasteiger partial charge on any atom is -0.130 e. The number of hydrogen-bond donors (Lipinski definition) is 0. The van der Waals surface area contributed by atoms with Gasteiger partial charge in [-0.15, -0.1) is 9.13 Å². The molecule has 5 aromatic rings. The van der Waals surface area contributed by atoms with Gasteiger partial charge in [0.1, 0.15) is 11.1 Å². The van der Waals surface area contributed by atoms with Crippen LogP contribution < -0.4 is 9.13 Å². The third kappa shape index (κ3) is 2.01. The quantitative estimate of drug-likeness (QED) is 0.296. The molecule has 0 saturated carbocycles. The molecule has 4 heterocycles. The zero-order valence-electron chi connectivity index (χ0n) is 19.4. The maximum Gasteiger partial charge on any atom is 0.416 e. The smallest absolute Gasteiger partial charge is 0.130 e. The number of aromatic nitrogens is 2. The van der Waals surface area contributed by atoms with Gasteiger partial charge in [-0.1, -0.05) is 66.7 Å². The van der Waals surface area contributed by atoms with Crippen molar-refractivity contribution < 1.29 is 9.13 Å². The molecule has 0 radical (unpaired) electrons. The number of nitrogens with zero attached hydrogens (tertiary/aromatic N) is 2. The molecule has 2 atom stereocenters. The van der Waals surface area contributed by atoms with E-state index in [1.54, 1.807) is 0 Å². The second-order valence-corrected chi connectivity index (χ2v) is 10.5. The van der Waals surface area contributed by atoms with Crippen LogP contribution in [0.25, 0.3) is 0 Å². The molecule has 0 bridgehead atoms. The van der Waals surface area contributed by atoms with Gasteiger partial charge >= 0.3 is 5.66 Å². The summed E-state index contributed by atoms with van der Waals surface area (Å²) in [7, 11) is 0. The first-order valence-electron chi connectivity index (χ1n) is 12.7. The summed E-state index contributed by atoms with van der Waals surface area (Å²) in [4.78, 5) is 0. The summed E-state index contributed by atoms with van der Waals surface area (Å²) in [5.74, 6) is 0.264. The Kier molecular flexibility index (Phi) is 3.21. The van der Waals surface area contributed by atoms with Crippen LogP contribution in [-0.2, 0) is 24.9 Å². The molecule has 0 fully saturated rings. The van der Waals surface area contributed by atoms with Crippen LogP contribution in [0.3, 0.4) is 0 Å². The van der Waals surface area contributed by atoms with Crippen molar-refractivity contribution in [3.8, 4) is 0 Å². The molecule has 0 amide bonds. The summed E-state index contributed by atoms with van der Waals surface area (Å²) in [6.45, 7) is 0. The van der Waals surface area contributed by atoms with Crippen molar-refractivity contribution in [2.75, 3.05) is 0 Å². The lowest BCUT2D eigenvalue weighted by Gasteiger charge is -2.43. The summed E-state index contributed by atoms with van der Waals surface area (Å²) in [6, 6.07) is 34.5. The minimum absolute atomic E-state index is 0.264. The van der Waals surface area contributed by atoms with Crippen LogP contribution in [0.15, 0.2) is 103 Å². The minimum atomic E-state index is -0.390. The molecule has 4 aliphatic rings. The van der Waals surface area contributed by atoms with Crippen molar-refractivity contribution in [1.29, 1.82) is 0 Å². The van der Waals surface area contributed by atoms with Crippen molar-refractivity contribution >= 4 is 0 Å². The summed E-state index contributed by atoms with van der Waals surface area (Å²) >= 11 is 0. The van der Waals surface area contributed by atoms with Crippen molar-refractivity contribution in [3.05, 3.63) is 165 Å². The molecule has 0 N–H and O–H groups in total. The van der Waals surface area contributed by atoms with E-state index < -0.39 is 0 Å². The molecule has 2 heteroatoms. The Morgan fingerprint density at radius 1 is 0.514 bits per heavy atom. The van der Waals surface area contributed by atoms with Gasteiger partial charge < -0.3 is 0 Å². The molecular formula is C33H24N2+2. The Labute approximate surface area is 204 Å². The first kappa shape index (κ1) is 18.3. The number of hydrogen-bond acceptors (Lipinski definition) is 0. The van der Waals surface area contributed by atoms with Gasteiger partial charge in [0, 0.05) is 30.2 Å². The van der Waals surface area contributed by atoms with Crippen LogP contribution in [0, 0.1) is 0 Å². The number of rotatable bonds is 0. The van der Waals surface area contributed by atoms with E-state index in [1.165, 1.54) is 61.5 Å². The predicted molar refractivity (Wildman–Crippen MR) is 134 cm³/mol. The Morgan fingerprint density at radius 2 is 1.17 bits per heavy atom. The van der Waals surface area contributed by atoms with Crippen molar-refractivity contribution in [3.63, 3.8) is 0 Å². The Bertz CT molecular complexity index is 1730. The van der Waals surface area contributed by atoms with Gasteiger partial charge in [0.15, 0.2) is 18.1 Å². The Morgan fingerprint density at radius 3 is 2.11 bits per heavy atom. The summed E-state index contributed by atoms with van der Waals surface area (Å²) in [5, 5.41) is 0. The van der Waals surface area contributed by atoms with Crippen molar-refractivity contribution in [1.82, 2.24) is 0 Å². The molecule has 1 spiro atoms. The molecule has 2 aliphatic carbocycles. The highest BCUT2D eigenvalue weighted by Crippen LogP contribution is 2.52. The van der Waals surface area contributed by atoms with Crippen LogP contribution in [0.1, 0.15) is 67.4 Å². The van der Waals surface area contributed by atoms with Crippen molar-refractivity contribution in [2.24, 2.45) is 0 Å². The molecule has 9 rings (SSSR count). The average molecular weight is 449 g/mol. The fraction of sp³-hybridized carbons (Fsp3) is 0.152. The lowest BCUT2D eigenvalue weighted by Crippen LogP contribution is -2.80. The highest BCUT2D eigenvalue weighted by molar-refractivity contribution is 5.62. The van der Waals surface area contributed by atoms with E-state index >= 15 is 0 Å². The second-order valence-electron chi connectivity index (χ2n) is 10.5. The van der Waals surface area contributed by atoms with Crippen molar-refractivity contribution in [2.45, 2.75) is 30.8 Å². The molecule has 2 aromatic heterocycles. The van der Waals surface area contributed by atoms with E-state index in [2.05, 4.69) is 113 Å². The molecule has 2 aliphatic heterocycles. The average Bonchev–Trinajstić information content (AvgIpc) is 2.90. The fourth-order valence-electron chi connectivity index (χ4n) is 7.86. The van der Waals surface area contributed by atoms with Crippen LogP contribution >= 0.6 is 0 Å². The number of pyridine rings is 2. The van der Waals surface area contributed by atoms with Crippen LogP contribution in [0.4, 0.5) is 0 Å². The molecule has 2 unspecified atom stereocenters. The second kappa shape index (κ2) is 6.14. The lowest BCUT2D eigenvalue weighted by atomic mass is 9.64. The van der Waals surface area contributed by atoms with E-state index in [1.807, 2.05) is 0 Å². The zero-order valence-corrected chi connectivity index (χ0v) is 19.4. The van der Waals surface area contributed by atoms with Crippen LogP contribution in [0.5, 0.6) is 0 Å². The van der Waals surface area contributed by atoms with Gasteiger partial charge in [0.2, 0.25) is 5.69 Å². The molecular weight excluding hydrogens is 424 g/mol. The predicted octanol–water partition coefficient (Wildman–Crippen LogP) is 4.77. The molecule has 0 saturated heterocycles.